The highest BCUT2D eigenvalue weighted by atomic mass is 16.5. The lowest BCUT2D eigenvalue weighted by Crippen LogP contribution is -2.45. The van der Waals surface area contributed by atoms with Crippen LogP contribution >= 0.6 is 0 Å². The van der Waals surface area contributed by atoms with Gasteiger partial charge in [-0.15, -0.1) is 0 Å². The second-order valence-electron chi connectivity index (χ2n) is 5.88. The molecule has 1 amide bonds. The van der Waals surface area contributed by atoms with Crippen LogP contribution < -0.4 is 4.74 Å². The number of nitrogens with one attached hydrogen (secondary N) is 1. The number of aromatic amines is 1. The molecule has 1 aliphatic rings. The first-order chi connectivity index (χ1) is 12.0. The number of pyridine rings is 1. The first-order valence-corrected chi connectivity index (χ1v) is 8.15. The number of aryl methyl sites for hydroxylation is 2. The third-order valence-corrected chi connectivity index (χ3v) is 4.24. The number of nitrogens with zero attached hydrogens (tertiary/aromatic N) is 3. The molecule has 8 heteroatoms. The van der Waals surface area contributed by atoms with Crippen LogP contribution in [0.4, 0.5) is 0 Å². The number of carboxylic acids is 1. The lowest BCUT2D eigenvalue weighted by molar-refractivity contribution is -0.152. The van der Waals surface area contributed by atoms with Gasteiger partial charge < -0.3 is 19.7 Å². The molecule has 2 N–H and O–H groups in total. The number of fused-ring (bicyclic) bond motifs is 1. The lowest BCUT2D eigenvalue weighted by Gasteiger charge is -2.32. The summed E-state index contributed by atoms with van der Waals surface area (Å²) in [6.07, 6.45) is 2.68. The number of imidazole rings is 1. The van der Waals surface area contributed by atoms with Crippen LogP contribution in [0.3, 0.4) is 0 Å². The minimum Gasteiger partial charge on any atom is -0.482 e. The van der Waals surface area contributed by atoms with Gasteiger partial charge in [-0.25, -0.2) is 9.78 Å². The number of hydrogen-bond acceptors (Lipinski definition) is 5. The number of ether oxygens (including phenoxy) is 1. The highest BCUT2D eigenvalue weighted by molar-refractivity contribution is 5.85. The molecule has 25 heavy (non-hydrogen) atoms. The number of carboxylic acid groups (broad SMARTS) is 1. The highest BCUT2D eigenvalue weighted by Crippen LogP contribution is 2.28. The van der Waals surface area contributed by atoms with E-state index in [9.17, 15) is 14.7 Å². The first kappa shape index (κ1) is 16.9. The minimum atomic E-state index is -1.10. The number of H-pyrrole nitrogens is 1. The summed E-state index contributed by atoms with van der Waals surface area (Å²) < 4.78 is 5.62. The maximum Gasteiger partial charge on any atom is 0.332 e. The smallest absolute Gasteiger partial charge is 0.332 e. The van der Waals surface area contributed by atoms with Gasteiger partial charge in [0, 0.05) is 24.4 Å². The van der Waals surface area contributed by atoms with Gasteiger partial charge in [-0.2, -0.15) is 0 Å². The maximum absolute atomic E-state index is 12.6. The van der Waals surface area contributed by atoms with Crippen LogP contribution in [0, 0.1) is 6.92 Å². The molecule has 0 saturated carbocycles. The van der Waals surface area contributed by atoms with Crippen LogP contribution in [0.1, 0.15) is 35.7 Å². The second-order valence-corrected chi connectivity index (χ2v) is 5.88. The molecule has 3 heterocycles. The van der Waals surface area contributed by atoms with Crippen molar-refractivity contribution in [1.29, 1.82) is 0 Å². The summed E-state index contributed by atoms with van der Waals surface area (Å²) in [5, 5.41) is 9.52. The van der Waals surface area contributed by atoms with E-state index in [1.807, 2.05) is 19.9 Å². The highest BCUT2D eigenvalue weighted by Gasteiger charge is 2.38. The van der Waals surface area contributed by atoms with Crippen molar-refractivity contribution < 1.29 is 19.4 Å². The molecule has 0 radical (unpaired) electrons. The molecular formula is C17H20N4O4. The summed E-state index contributed by atoms with van der Waals surface area (Å²) in [6.45, 7) is 3.92. The Bertz CT molecular complexity index is 802. The molecule has 2 aromatic rings. The molecule has 2 aromatic heterocycles. The average Bonchev–Trinajstić information content (AvgIpc) is 3.07. The van der Waals surface area contributed by atoms with Crippen molar-refractivity contribution in [3.05, 3.63) is 41.2 Å². The number of hydrogen-bond donors (Lipinski definition) is 2. The van der Waals surface area contributed by atoms with Gasteiger partial charge >= 0.3 is 5.97 Å². The summed E-state index contributed by atoms with van der Waals surface area (Å²) in [5.41, 5.74) is 2.80. The molecule has 0 unspecified atom stereocenters. The molecular weight excluding hydrogens is 324 g/mol. The van der Waals surface area contributed by atoms with Crippen molar-refractivity contribution in [2.45, 2.75) is 32.7 Å². The Balaban J connectivity index is 1.74. The average molecular weight is 344 g/mol. The van der Waals surface area contributed by atoms with E-state index in [1.165, 1.54) is 11.2 Å². The van der Waals surface area contributed by atoms with Gasteiger partial charge in [0.25, 0.3) is 5.91 Å². The Hall–Kier alpha value is -2.90. The van der Waals surface area contributed by atoms with Gasteiger partial charge in [-0.1, -0.05) is 6.92 Å². The molecule has 0 spiro atoms. The lowest BCUT2D eigenvalue weighted by atomic mass is 10.0. The molecule has 1 aliphatic heterocycles. The van der Waals surface area contributed by atoms with Crippen LogP contribution in [0.2, 0.25) is 0 Å². The standard InChI is InChI=1S/C17H20N4O4/c1-3-11-13(5-4-10(2)20-11)25-8-14(22)21-7-6-12-15(19-9-18-12)16(21)17(23)24/h4-5,9,16H,3,6-8H2,1-2H3,(H,18,19)(H,23,24)/t16-/m1/s1. The number of carbonyl (C=O) groups excluding carboxylic acids is 1. The zero-order valence-corrected chi connectivity index (χ0v) is 14.2. The van der Waals surface area contributed by atoms with Crippen molar-refractivity contribution in [1.82, 2.24) is 19.9 Å². The van der Waals surface area contributed by atoms with Crippen LogP contribution in [-0.4, -0.2) is 50.0 Å². The largest absolute Gasteiger partial charge is 0.482 e. The minimum absolute atomic E-state index is 0.235. The fraction of sp³-hybridized carbons (Fsp3) is 0.412. The molecule has 0 aliphatic carbocycles. The Morgan fingerprint density at radius 2 is 2.24 bits per heavy atom. The van der Waals surface area contributed by atoms with E-state index in [0.29, 0.717) is 30.8 Å². The summed E-state index contributed by atoms with van der Waals surface area (Å²) >= 11 is 0. The zero-order valence-electron chi connectivity index (χ0n) is 14.2. The van der Waals surface area contributed by atoms with Gasteiger partial charge in [-0.05, 0) is 25.5 Å². The van der Waals surface area contributed by atoms with E-state index < -0.39 is 12.0 Å². The Morgan fingerprint density at radius 1 is 1.44 bits per heavy atom. The van der Waals surface area contributed by atoms with Gasteiger partial charge in [0.15, 0.2) is 12.6 Å². The number of aliphatic carboxylic acids is 1. The molecule has 0 bridgehead atoms. The van der Waals surface area contributed by atoms with Crippen molar-refractivity contribution in [3.8, 4) is 5.75 Å². The van der Waals surface area contributed by atoms with Crippen molar-refractivity contribution in [2.24, 2.45) is 0 Å². The molecule has 3 rings (SSSR count). The number of aromatic nitrogens is 3. The van der Waals surface area contributed by atoms with E-state index in [1.54, 1.807) is 6.07 Å². The van der Waals surface area contributed by atoms with E-state index in [4.69, 9.17) is 4.74 Å². The van der Waals surface area contributed by atoms with Crippen molar-refractivity contribution in [2.75, 3.05) is 13.2 Å². The third kappa shape index (κ3) is 3.33. The number of rotatable bonds is 5. The van der Waals surface area contributed by atoms with E-state index >= 15 is 0 Å². The monoisotopic (exact) mass is 344 g/mol. The molecule has 1 atom stereocenters. The topological polar surface area (TPSA) is 108 Å². The summed E-state index contributed by atoms with van der Waals surface area (Å²) in [5.74, 6) is -0.942. The second kappa shape index (κ2) is 6.92. The number of carbonyl (C=O) groups is 2. The van der Waals surface area contributed by atoms with Gasteiger partial charge in [-0.3, -0.25) is 9.78 Å². The van der Waals surface area contributed by atoms with E-state index in [2.05, 4.69) is 15.0 Å². The molecule has 0 saturated heterocycles. The van der Waals surface area contributed by atoms with Crippen molar-refractivity contribution in [3.63, 3.8) is 0 Å². The summed E-state index contributed by atoms with van der Waals surface area (Å²) in [6, 6.07) is 2.51. The molecule has 0 fully saturated rings. The maximum atomic E-state index is 12.6. The van der Waals surface area contributed by atoms with Crippen LogP contribution in [0.25, 0.3) is 0 Å². The SMILES string of the molecule is CCc1nc(C)ccc1OCC(=O)N1CCc2[nH]cnc2[C@@H]1C(=O)O. The van der Waals surface area contributed by atoms with E-state index in [-0.39, 0.29) is 12.5 Å². The number of amides is 1. The van der Waals surface area contributed by atoms with Crippen LogP contribution in [0.5, 0.6) is 5.75 Å². The molecule has 0 aromatic carbocycles. The molecule has 132 valence electrons. The first-order valence-electron chi connectivity index (χ1n) is 8.15. The summed E-state index contributed by atoms with van der Waals surface area (Å²) in [4.78, 5) is 36.9. The van der Waals surface area contributed by atoms with Gasteiger partial charge in [0.1, 0.15) is 5.75 Å². The Kier molecular flexibility index (Phi) is 4.69. The molecule has 8 nitrogen and oxygen atoms in total. The predicted molar refractivity (Wildman–Crippen MR) is 88.2 cm³/mol. The van der Waals surface area contributed by atoms with Gasteiger partial charge in [0.2, 0.25) is 0 Å². The van der Waals surface area contributed by atoms with Gasteiger partial charge in [0.05, 0.1) is 17.7 Å². The van der Waals surface area contributed by atoms with Crippen LogP contribution in [0.15, 0.2) is 18.5 Å². The fourth-order valence-electron chi connectivity index (χ4n) is 3.00. The normalized spacial score (nSPS) is 16.4. The third-order valence-electron chi connectivity index (χ3n) is 4.24. The predicted octanol–water partition coefficient (Wildman–Crippen LogP) is 1.26. The Morgan fingerprint density at radius 3 is 2.96 bits per heavy atom. The zero-order chi connectivity index (χ0) is 18.0. The quantitative estimate of drug-likeness (QED) is 0.845. The van der Waals surface area contributed by atoms with E-state index in [0.717, 1.165) is 17.1 Å². The Labute approximate surface area is 144 Å². The fourth-order valence-corrected chi connectivity index (χ4v) is 3.00. The summed E-state index contributed by atoms with van der Waals surface area (Å²) in [7, 11) is 0. The van der Waals surface area contributed by atoms with Crippen molar-refractivity contribution >= 4 is 11.9 Å². The van der Waals surface area contributed by atoms with Crippen LogP contribution in [-0.2, 0) is 22.4 Å².